The molecule has 1 aromatic carbocycles. The Bertz CT molecular complexity index is 812. The standard InChI is InChI=1S/C18H24N4O3S/c1-18(2,3)10-26-9-14(19)15-8-13(16(23)22-21-15)11-4-6-12(7-5-11)20-17(24)25/h4-8,14,20H,9-10,19H2,1-3H3,(H,22,23)(H,24,25). The number of benzene rings is 1. The van der Waals surface area contributed by atoms with Crippen LogP contribution in [0.3, 0.4) is 0 Å². The van der Waals surface area contributed by atoms with Crippen molar-refractivity contribution >= 4 is 23.5 Å². The van der Waals surface area contributed by atoms with Crippen LogP contribution in [0.15, 0.2) is 35.1 Å². The summed E-state index contributed by atoms with van der Waals surface area (Å²) in [6.07, 6.45) is -1.14. The van der Waals surface area contributed by atoms with Gasteiger partial charge in [-0.15, -0.1) is 0 Å². The van der Waals surface area contributed by atoms with E-state index in [-0.39, 0.29) is 17.0 Å². The molecular formula is C18H24N4O3S. The number of anilines is 1. The number of aromatic amines is 1. The Morgan fingerprint density at radius 2 is 2.00 bits per heavy atom. The van der Waals surface area contributed by atoms with E-state index in [1.807, 2.05) is 0 Å². The molecule has 0 aliphatic heterocycles. The average molecular weight is 376 g/mol. The number of amides is 1. The van der Waals surface area contributed by atoms with Crippen LogP contribution in [-0.4, -0.2) is 32.9 Å². The number of nitrogens with zero attached hydrogens (tertiary/aromatic N) is 1. The van der Waals surface area contributed by atoms with E-state index in [1.165, 1.54) is 0 Å². The van der Waals surface area contributed by atoms with Gasteiger partial charge in [0, 0.05) is 11.4 Å². The highest BCUT2D eigenvalue weighted by Crippen LogP contribution is 2.24. The van der Waals surface area contributed by atoms with Crippen LogP contribution in [0, 0.1) is 5.41 Å². The van der Waals surface area contributed by atoms with Crippen LogP contribution in [0.5, 0.6) is 0 Å². The molecule has 5 N–H and O–H groups in total. The molecule has 0 bridgehead atoms. The summed E-state index contributed by atoms with van der Waals surface area (Å²) in [4.78, 5) is 22.8. The Balaban J connectivity index is 2.16. The zero-order valence-electron chi connectivity index (χ0n) is 15.1. The summed E-state index contributed by atoms with van der Waals surface area (Å²) in [5.41, 5.74) is 8.30. The van der Waals surface area contributed by atoms with Crippen LogP contribution in [0.4, 0.5) is 10.5 Å². The molecule has 0 aliphatic rings. The van der Waals surface area contributed by atoms with Gasteiger partial charge in [-0.3, -0.25) is 10.1 Å². The van der Waals surface area contributed by atoms with Gasteiger partial charge >= 0.3 is 6.09 Å². The lowest BCUT2D eigenvalue weighted by atomic mass is 10.0. The summed E-state index contributed by atoms with van der Waals surface area (Å²) in [7, 11) is 0. The number of hydrogen-bond acceptors (Lipinski definition) is 5. The molecule has 0 saturated heterocycles. The normalized spacial score (nSPS) is 12.6. The highest BCUT2D eigenvalue weighted by atomic mass is 32.2. The molecule has 0 radical (unpaired) electrons. The number of H-pyrrole nitrogens is 1. The number of hydrogen-bond donors (Lipinski definition) is 4. The van der Waals surface area contributed by atoms with Gasteiger partial charge in [-0.05, 0) is 34.9 Å². The lowest BCUT2D eigenvalue weighted by molar-refractivity contribution is 0.210. The molecule has 0 fully saturated rings. The molecule has 26 heavy (non-hydrogen) atoms. The van der Waals surface area contributed by atoms with Gasteiger partial charge in [0.1, 0.15) is 0 Å². The van der Waals surface area contributed by atoms with Crippen LogP contribution in [0.25, 0.3) is 11.1 Å². The third-order valence-electron chi connectivity index (χ3n) is 3.48. The van der Waals surface area contributed by atoms with Crippen molar-refractivity contribution in [2.75, 3.05) is 16.8 Å². The summed E-state index contributed by atoms with van der Waals surface area (Å²) in [5, 5.41) is 17.6. The summed E-state index contributed by atoms with van der Waals surface area (Å²) in [6.45, 7) is 6.51. The molecule has 0 saturated carbocycles. The Hall–Kier alpha value is -2.32. The predicted molar refractivity (Wildman–Crippen MR) is 106 cm³/mol. The van der Waals surface area contributed by atoms with Gasteiger partial charge in [0.2, 0.25) is 0 Å². The molecule has 1 amide bonds. The maximum atomic E-state index is 12.1. The minimum absolute atomic E-state index is 0.222. The fourth-order valence-corrected chi connectivity index (χ4v) is 3.41. The minimum atomic E-state index is -1.14. The van der Waals surface area contributed by atoms with E-state index in [9.17, 15) is 9.59 Å². The van der Waals surface area contributed by atoms with Crippen molar-refractivity contribution in [1.82, 2.24) is 10.2 Å². The Kier molecular flexibility index (Phi) is 6.44. The quantitative estimate of drug-likeness (QED) is 0.614. The van der Waals surface area contributed by atoms with Gasteiger partial charge in [0.25, 0.3) is 5.56 Å². The number of carbonyl (C=O) groups is 1. The third kappa shape index (κ3) is 5.89. The SMILES string of the molecule is CC(C)(C)CSCC(N)c1cc(-c2ccc(NC(=O)O)cc2)c(=O)[nH]n1. The second-order valence-corrected chi connectivity index (χ2v) is 8.26. The smallest absolute Gasteiger partial charge is 0.409 e. The fourth-order valence-electron chi connectivity index (χ4n) is 2.26. The molecular weight excluding hydrogens is 352 g/mol. The summed E-state index contributed by atoms with van der Waals surface area (Å²) >= 11 is 1.76. The van der Waals surface area contributed by atoms with Gasteiger partial charge < -0.3 is 10.8 Å². The van der Waals surface area contributed by atoms with Gasteiger partial charge in [-0.1, -0.05) is 32.9 Å². The first-order valence-electron chi connectivity index (χ1n) is 8.19. The average Bonchev–Trinajstić information content (AvgIpc) is 2.54. The summed E-state index contributed by atoms with van der Waals surface area (Å²) < 4.78 is 0. The van der Waals surface area contributed by atoms with E-state index >= 15 is 0 Å². The molecule has 1 aromatic heterocycles. The predicted octanol–water partition coefficient (Wildman–Crippen LogP) is 3.31. The third-order valence-corrected chi connectivity index (χ3v) is 5.15. The number of nitrogens with two attached hydrogens (primary N) is 1. The van der Waals surface area contributed by atoms with E-state index in [0.29, 0.717) is 28.3 Å². The molecule has 2 aromatic rings. The molecule has 1 atom stereocenters. The fraction of sp³-hybridized carbons (Fsp3) is 0.389. The van der Waals surface area contributed by atoms with E-state index in [1.54, 1.807) is 42.1 Å². The van der Waals surface area contributed by atoms with E-state index < -0.39 is 6.09 Å². The molecule has 0 spiro atoms. The first-order valence-corrected chi connectivity index (χ1v) is 9.34. The van der Waals surface area contributed by atoms with E-state index in [0.717, 1.165) is 5.75 Å². The van der Waals surface area contributed by atoms with Crippen molar-refractivity contribution in [2.45, 2.75) is 26.8 Å². The highest BCUT2D eigenvalue weighted by Gasteiger charge is 2.15. The number of thioether (sulfide) groups is 1. The molecule has 1 unspecified atom stereocenters. The summed E-state index contributed by atoms with van der Waals surface area (Å²) in [6, 6.07) is 7.97. The monoisotopic (exact) mass is 376 g/mol. The van der Waals surface area contributed by atoms with Crippen LogP contribution in [0.2, 0.25) is 0 Å². The lowest BCUT2D eigenvalue weighted by Crippen LogP contribution is -2.21. The second-order valence-electron chi connectivity index (χ2n) is 7.23. The van der Waals surface area contributed by atoms with Crippen LogP contribution < -0.4 is 16.6 Å². The molecule has 2 rings (SSSR count). The van der Waals surface area contributed by atoms with Crippen molar-refractivity contribution in [3.8, 4) is 11.1 Å². The Morgan fingerprint density at radius 1 is 1.35 bits per heavy atom. The Labute approximate surface area is 156 Å². The second kappa shape index (κ2) is 8.37. The highest BCUT2D eigenvalue weighted by molar-refractivity contribution is 7.99. The van der Waals surface area contributed by atoms with Crippen LogP contribution in [-0.2, 0) is 0 Å². The van der Waals surface area contributed by atoms with Crippen LogP contribution >= 0.6 is 11.8 Å². The van der Waals surface area contributed by atoms with E-state index in [2.05, 4.69) is 36.3 Å². The molecule has 7 nitrogen and oxygen atoms in total. The molecule has 0 aliphatic carbocycles. The molecule has 8 heteroatoms. The maximum absolute atomic E-state index is 12.1. The number of aromatic nitrogens is 2. The number of rotatable bonds is 6. The maximum Gasteiger partial charge on any atom is 0.409 e. The Morgan fingerprint density at radius 3 is 2.58 bits per heavy atom. The van der Waals surface area contributed by atoms with Crippen molar-refractivity contribution in [1.29, 1.82) is 0 Å². The van der Waals surface area contributed by atoms with Crippen molar-refractivity contribution < 1.29 is 9.90 Å². The van der Waals surface area contributed by atoms with Crippen molar-refractivity contribution in [2.24, 2.45) is 11.1 Å². The van der Waals surface area contributed by atoms with E-state index in [4.69, 9.17) is 10.8 Å². The zero-order chi connectivity index (χ0) is 19.3. The summed E-state index contributed by atoms with van der Waals surface area (Å²) in [5.74, 6) is 1.69. The van der Waals surface area contributed by atoms with Crippen LogP contribution in [0.1, 0.15) is 32.5 Å². The van der Waals surface area contributed by atoms with Gasteiger partial charge in [0.05, 0.1) is 17.3 Å². The zero-order valence-corrected chi connectivity index (χ0v) is 15.9. The van der Waals surface area contributed by atoms with Gasteiger partial charge in [0.15, 0.2) is 0 Å². The first-order chi connectivity index (χ1) is 12.2. The molecule has 140 valence electrons. The first kappa shape index (κ1) is 20.0. The number of carboxylic acid groups (broad SMARTS) is 1. The largest absolute Gasteiger partial charge is 0.465 e. The van der Waals surface area contributed by atoms with Crippen molar-refractivity contribution in [3.63, 3.8) is 0 Å². The van der Waals surface area contributed by atoms with Gasteiger partial charge in [-0.2, -0.15) is 16.9 Å². The van der Waals surface area contributed by atoms with Gasteiger partial charge in [-0.25, -0.2) is 9.89 Å². The lowest BCUT2D eigenvalue weighted by Gasteiger charge is -2.19. The molecule has 1 heterocycles. The topological polar surface area (TPSA) is 121 Å². The number of nitrogens with one attached hydrogen (secondary N) is 2. The van der Waals surface area contributed by atoms with Crippen molar-refractivity contribution in [3.05, 3.63) is 46.4 Å². The minimum Gasteiger partial charge on any atom is -0.465 e.